The van der Waals surface area contributed by atoms with E-state index in [-0.39, 0.29) is 87.3 Å². The second-order valence-electron chi connectivity index (χ2n) is 10.1. The van der Waals surface area contributed by atoms with Gasteiger partial charge in [-0.3, -0.25) is 9.80 Å². The van der Waals surface area contributed by atoms with Crippen molar-refractivity contribution in [2.45, 2.75) is 63.8 Å². The van der Waals surface area contributed by atoms with Crippen molar-refractivity contribution in [1.29, 1.82) is 5.26 Å². The Labute approximate surface area is 241 Å². The number of rotatable bonds is 1. The maximum Gasteiger partial charge on any atom is 0.231 e. The number of benzene rings is 2. The second kappa shape index (κ2) is 8.78. The maximum atomic E-state index is 11.3. The molecule has 35 heavy (non-hydrogen) atoms. The molecular weight excluding hydrogens is 659 g/mol. The molecule has 0 aliphatic carbocycles. The summed E-state index contributed by atoms with van der Waals surface area (Å²) in [7, 11) is 2.05. The summed E-state index contributed by atoms with van der Waals surface area (Å²) in [5.41, 5.74) is 12.7. The number of hydrogen-bond acceptors (Lipinski definition) is 8. The molecule has 0 aromatic heterocycles. The van der Waals surface area contributed by atoms with Crippen molar-refractivity contribution in [3.63, 3.8) is 0 Å². The summed E-state index contributed by atoms with van der Waals surface area (Å²) >= 11 is 0. The number of aryl methyl sites for hydroxylation is 1. The molecule has 4 N–H and O–H groups in total. The summed E-state index contributed by atoms with van der Waals surface area (Å²) < 4.78 is 11.6. The SMILES string of the molecule is Cc1cc2c(c(O)c1C)C1C3Cc4c(O)c(C)c5c(c4[C@H](CN)N3[C@@H](C#N)[C@H](C2)N1C)OCO5.[Ac]. The number of fused-ring (bicyclic) bond motifs is 9. The van der Waals surface area contributed by atoms with Gasteiger partial charge in [-0.1, -0.05) is 6.07 Å². The van der Waals surface area contributed by atoms with E-state index in [1.807, 2.05) is 27.8 Å². The van der Waals surface area contributed by atoms with Gasteiger partial charge in [0.1, 0.15) is 17.5 Å². The van der Waals surface area contributed by atoms with Gasteiger partial charge in [0.25, 0.3) is 0 Å². The smallest absolute Gasteiger partial charge is 0.231 e. The van der Waals surface area contributed by atoms with Crippen LogP contribution in [0.15, 0.2) is 6.07 Å². The number of phenols is 2. The molecule has 0 saturated carbocycles. The Morgan fingerprint density at radius 1 is 1.06 bits per heavy atom. The molecule has 2 bridgehead atoms. The summed E-state index contributed by atoms with van der Waals surface area (Å²) in [6.45, 7) is 6.17. The Hall–Kier alpha value is -1.55. The van der Waals surface area contributed by atoms with Crippen molar-refractivity contribution in [2.75, 3.05) is 20.4 Å². The molecule has 2 unspecified atom stereocenters. The molecule has 0 spiro atoms. The number of ether oxygens (including phenoxy) is 2. The van der Waals surface area contributed by atoms with Gasteiger partial charge in [0.15, 0.2) is 11.5 Å². The average molecular weight is 690 g/mol. The van der Waals surface area contributed by atoms with Gasteiger partial charge in [0, 0.05) is 84.9 Å². The first-order valence-corrected chi connectivity index (χ1v) is 11.8. The van der Waals surface area contributed by atoms with Gasteiger partial charge in [-0.15, -0.1) is 0 Å². The number of nitrogens with two attached hydrogens (primary N) is 1. The van der Waals surface area contributed by atoms with E-state index in [4.69, 9.17) is 15.2 Å². The minimum Gasteiger partial charge on any atom is -0.507 e. The largest absolute Gasteiger partial charge is 0.507 e. The summed E-state index contributed by atoms with van der Waals surface area (Å²) in [5, 5.41) is 32.9. The van der Waals surface area contributed by atoms with E-state index in [2.05, 4.69) is 21.9 Å². The quantitative estimate of drug-likeness (QED) is 0.419. The van der Waals surface area contributed by atoms with Crippen molar-refractivity contribution in [3.8, 4) is 29.1 Å². The third kappa shape index (κ3) is 3.23. The number of hydrogen-bond donors (Lipinski definition) is 3. The molecular formula is C26H30AcN4O4. The first kappa shape index (κ1) is 25.1. The summed E-state index contributed by atoms with van der Waals surface area (Å²) in [6.07, 6.45) is 1.19. The average Bonchev–Trinajstić information content (AvgIpc) is 3.31. The van der Waals surface area contributed by atoms with Crippen LogP contribution in [0.3, 0.4) is 0 Å². The molecule has 1 saturated heterocycles. The van der Waals surface area contributed by atoms with E-state index in [1.165, 1.54) is 0 Å². The van der Waals surface area contributed by atoms with Crippen molar-refractivity contribution >= 4 is 0 Å². The Morgan fingerprint density at radius 2 is 1.77 bits per heavy atom. The van der Waals surface area contributed by atoms with Crippen LogP contribution in [-0.4, -0.2) is 58.5 Å². The molecule has 2 aromatic rings. The predicted octanol–water partition coefficient (Wildman–Crippen LogP) is 2.48. The molecule has 1 fully saturated rings. The number of likely N-dealkylation sites (N-methyl/N-ethyl adjacent to an activating group) is 1. The zero-order valence-electron chi connectivity index (χ0n) is 20.5. The Bertz CT molecular complexity index is 1280. The van der Waals surface area contributed by atoms with Gasteiger partial charge >= 0.3 is 0 Å². The number of nitrogens with zero attached hydrogens (tertiary/aromatic N) is 3. The van der Waals surface area contributed by atoms with E-state index in [0.29, 0.717) is 35.7 Å². The summed E-state index contributed by atoms with van der Waals surface area (Å²) in [4.78, 5) is 4.48. The summed E-state index contributed by atoms with van der Waals surface area (Å²) in [5.74, 6) is 1.73. The molecule has 5 atom stereocenters. The molecule has 4 aliphatic rings. The minimum absolute atomic E-state index is 0. The predicted molar refractivity (Wildman–Crippen MR) is 125 cm³/mol. The van der Waals surface area contributed by atoms with Crippen LogP contribution in [0, 0.1) is 76.2 Å². The van der Waals surface area contributed by atoms with Crippen LogP contribution in [0.2, 0.25) is 0 Å². The van der Waals surface area contributed by atoms with Gasteiger partial charge in [-0.25, -0.2) is 0 Å². The normalized spacial score (nSPS) is 28.4. The van der Waals surface area contributed by atoms with E-state index in [0.717, 1.165) is 33.4 Å². The molecule has 8 nitrogen and oxygen atoms in total. The number of aromatic hydroxyl groups is 2. The number of piperazine rings is 1. The van der Waals surface area contributed by atoms with E-state index < -0.39 is 6.04 Å². The topological polar surface area (TPSA) is 115 Å². The van der Waals surface area contributed by atoms with Crippen molar-refractivity contribution in [2.24, 2.45) is 5.73 Å². The fourth-order valence-corrected chi connectivity index (χ4v) is 6.94. The maximum absolute atomic E-state index is 11.3. The molecule has 4 heterocycles. The molecule has 181 valence electrons. The fraction of sp³-hybridized carbons (Fsp3) is 0.500. The van der Waals surface area contributed by atoms with E-state index >= 15 is 0 Å². The zero-order valence-corrected chi connectivity index (χ0v) is 25.2. The van der Waals surface area contributed by atoms with Crippen LogP contribution in [-0.2, 0) is 12.8 Å². The van der Waals surface area contributed by atoms with Crippen LogP contribution in [0.4, 0.5) is 0 Å². The molecule has 0 amide bonds. The van der Waals surface area contributed by atoms with Gasteiger partial charge in [-0.05, 0) is 57.4 Å². The first-order valence-electron chi connectivity index (χ1n) is 11.8. The number of nitriles is 1. The Kier molecular flexibility index (Phi) is 6.30. The van der Waals surface area contributed by atoms with E-state index in [9.17, 15) is 15.5 Å². The second-order valence-corrected chi connectivity index (χ2v) is 10.1. The van der Waals surface area contributed by atoms with Gasteiger partial charge in [0.2, 0.25) is 6.79 Å². The van der Waals surface area contributed by atoms with Crippen molar-refractivity contribution < 1.29 is 63.7 Å². The first-order chi connectivity index (χ1) is 16.3. The van der Waals surface area contributed by atoms with Crippen LogP contribution in [0.25, 0.3) is 0 Å². The van der Waals surface area contributed by atoms with Gasteiger partial charge < -0.3 is 25.4 Å². The van der Waals surface area contributed by atoms with Crippen molar-refractivity contribution in [3.05, 3.63) is 45.0 Å². The molecule has 4 aliphatic heterocycles. The van der Waals surface area contributed by atoms with Crippen LogP contribution < -0.4 is 15.2 Å². The Morgan fingerprint density at radius 3 is 2.46 bits per heavy atom. The third-order valence-corrected chi connectivity index (χ3v) is 8.68. The van der Waals surface area contributed by atoms with Crippen LogP contribution in [0.1, 0.15) is 51.0 Å². The van der Waals surface area contributed by atoms with Crippen molar-refractivity contribution in [1.82, 2.24) is 9.80 Å². The monoisotopic (exact) mass is 689 g/mol. The molecule has 1 radical (unpaired) electrons. The summed E-state index contributed by atoms with van der Waals surface area (Å²) in [6, 6.07) is 3.71. The van der Waals surface area contributed by atoms with Gasteiger partial charge in [-0.2, -0.15) is 5.26 Å². The fourth-order valence-electron chi connectivity index (χ4n) is 6.94. The minimum atomic E-state index is -0.397. The molecule has 6 rings (SSSR count). The zero-order chi connectivity index (χ0) is 24.0. The molecule has 2 aromatic carbocycles. The number of phenolic OH excluding ortho intramolecular Hbond substituents is 2. The van der Waals surface area contributed by atoms with Crippen LogP contribution >= 0.6 is 0 Å². The molecule has 9 heteroatoms. The third-order valence-electron chi connectivity index (χ3n) is 8.68. The van der Waals surface area contributed by atoms with E-state index in [1.54, 1.807) is 0 Å². The standard InChI is InChI=1S/C26H30N4O4.Ac/c1-11-5-14-6-16-18(8-27)30-17(22(29(16)4)20(14)24(32)12(11)2)7-15-21(19(30)9-28)26-25(33-10-34-26)13(3)23(15)31;/h5,16-19,22,31-32H,6-7,9-10,28H2,1-4H3;/t16-,17?,18-,19-,22?;/m0./s1. The van der Waals surface area contributed by atoms with Crippen LogP contribution in [0.5, 0.6) is 23.0 Å². The van der Waals surface area contributed by atoms with Gasteiger partial charge in [0.05, 0.1) is 18.2 Å². The Balaban J connectivity index is 0.00000253.